The number of nitrogens with zero attached hydrogens (tertiary/aromatic N) is 2. The minimum absolute atomic E-state index is 0.0154. The molecule has 0 amide bonds. The minimum atomic E-state index is -0.870. The Kier molecular flexibility index (Phi) is 3.41. The number of rotatable bonds is 4. The van der Waals surface area contributed by atoms with Gasteiger partial charge in [0.15, 0.2) is 0 Å². The lowest BCUT2D eigenvalue weighted by Crippen LogP contribution is -2.04. The molecule has 0 spiro atoms. The molecule has 4 nitrogen and oxygen atoms in total. The largest absolute Gasteiger partial charge is 0.481 e. The Bertz CT molecular complexity index is 578. The number of aliphatic carboxylic acids is 1. The predicted octanol–water partition coefficient (Wildman–Crippen LogP) is 2.24. The first kappa shape index (κ1) is 12.3. The van der Waals surface area contributed by atoms with Crippen molar-refractivity contribution in [2.75, 3.05) is 0 Å². The average Bonchev–Trinajstić information content (AvgIpc) is 2.69. The van der Waals surface area contributed by atoms with Gasteiger partial charge in [0.2, 0.25) is 0 Å². The fourth-order valence-electron chi connectivity index (χ4n) is 1.82. The van der Waals surface area contributed by atoms with Gasteiger partial charge in [0.05, 0.1) is 18.3 Å². The fourth-order valence-corrected chi connectivity index (χ4v) is 1.82. The summed E-state index contributed by atoms with van der Waals surface area (Å²) in [4.78, 5) is 14.7. The zero-order chi connectivity index (χ0) is 13.1. The van der Waals surface area contributed by atoms with Gasteiger partial charge >= 0.3 is 5.97 Å². The summed E-state index contributed by atoms with van der Waals surface area (Å²) in [6.07, 6.45) is 1.91. The Hall–Kier alpha value is -2.17. The van der Waals surface area contributed by atoms with E-state index in [1.807, 2.05) is 0 Å². The van der Waals surface area contributed by atoms with Crippen LogP contribution in [0.25, 0.3) is 11.3 Å². The highest BCUT2D eigenvalue weighted by Crippen LogP contribution is 2.23. The molecule has 2 rings (SSSR count). The molecule has 1 heterocycles. The highest BCUT2D eigenvalue weighted by Gasteiger charge is 2.12. The molecule has 0 unspecified atom stereocenters. The van der Waals surface area contributed by atoms with Crippen LogP contribution in [0.2, 0.25) is 0 Å². The van der Waals surface area contributed by atoms with E-state index in [9.17, 15) is 9.18 Å². The molecular weight excluding hydrogens is 235 g/mol. The van der Waals surface area contributed by atoms with Crippen molar-refractivity contribution in [3.8, 4) is 11.3 Å². The first-order valence-corrected chi connectivity index (χ1v) is 5.57. The second-order valence-corrected chi connectivity index (χ2v) is 3.99. The van der Waals surface area contributed by atoms with Crippen molar-refractivity contribution in [3.63, 3.8) is 0 Å². The van der Waals surface area contributed by atoms with Crippen LogP contribution in [0.5, 0.6) is 0 Å². The van der Waals surface area contributed by atoms with E-state index in [4.69, 9.17) is 5.11 Å². The van der Waals surface area contributed by atoms with Gasteiger partial charge in [0.1, 0.15) is 11.6 Å². The van der Waals surface area contributed by atoms with Gasteiger partial charge in [0.25, 0.3) is 0 Å². The van der Waals surface area contributed by atoms with E-state index < -0.39 is 5.97 Å². The molecular formula is C13H13FN2O2. The Morgan fingerprint density at radius 3 is 2.83 bits per heavy atom. The van der Waals surface area contributed by atoms with Gasteiger partial charge in [-0.05, 0) is 12.1 Å². The molecule has 0 aliphatic carbocycles. The number of hydrogen-bond donors (Lipinski definition) is 1. The maximum atomic E-state index is 13.6. The van der Waals surface area contributed by atoms with E-state index in [1.54, 1.807) is 36.0 Å². The Balaban J connectivity index is 2.31. The van der Waals surface area contributed by atoms with Crippen LogP contribution in [-0.2, 0) is 18.3 Å². The number of aromatic nitrogens is 2. The third kappa shape index (κ3) is 2.40. The molecule has 5 heteroatoms. The standard InChI is InChI=1S/C13H13FN2O2/c1-16-11(9-4-2-3-5-10(9)14)8-15-12(16)6-7-13(17)18/h2-5,8H,6-7H2,1H3,(H,17,18). The fraction of sp³-hybridized carbons (Fsp3) is 0.231. The van der Waals surface area contributed by atoms with Crippen LogP contribution < -0.4 is 0 Å². The predicted molar refractivity (Wildman–Crippen MR) is 64.6 cm³/mol. The summed E-state index contributed by atoms with van der Waals surface area (Å²) in [6.45, 7) is 0. The van der Waals surface area contributed by atoms with E-state index >= 15 is 0 Å². The van der Waals surface area contributed by atoms with Crippen molar-refractivity contribution in [2.45, 2.75) is 12.8 Å². The van der Waals surface area contributed by atoms with E-state index in [-0.39, 0.29) is 12.2 Å². The zero-order valence-electron chi connectivity index (χ0n) is 9.93. The third-order valence-corrected chi connectivity index (χ3v) is 2.80. The lowest BCUT2D eigenvalue weighted by Gasteiger charge is -2.06. The summed E-state index contributed by atoms with van der Waals surface area (Å²) >= 11 is 0. The van der Waals surface area contributed by atoms with Crippen molar-refractivity contribution >= 4 is 5.97 Å². The number of carbonyl (C=O) groups is 1. The van der Waals surface area contributed by atoms with E-state index in [1.165, 1.54) is 6.07 Å². The first-order chi connectivity index (χ1) is 8.59. The average molecular weight is 248 g/mol. The van der Waals surface area contributed by atoms with Gasteiger partial charge in [-0.3, -0.25) is 4.79 Å². The van der Waals surface area contributed by atoms with Crippen molar-refractivity contribution in [3.05, 3.63) is 42.1 Å². The van der Waals surface area contributed by atoms with Gasteiger partial charge < -0.3 is 9.67 Å². The monoisotopic (exact) mass is 248 g/mol. The van der Waals surface area contributed by atoms with Crippen molar-refractivity contribution in [1.82, 2.24) is 9.55 Å². The van der Waals surface area contributed by atoms with Crippen LogP contribution >= 0.6 is 0 Å². The molecule has 2 aromatic rings. The smallest absolute Gasteiger partial charge is 0.303 e. The Morgan fingerprint density at radius 2 is 2.17 bits per heavy atom. The summed E-state index contributed by atoms with van der Waals surface area (Å²) in [7, 11) is 1.76. The topological polar surface area (TPSA) is 55.1 Å². The zero-order valence-corrected chi connectivity index (χ0v) is 9.93. The highest BCUT2D eigenvalue weighted by molar-refractivity contribution is 5.67. The second kappa shape index (κ2) is 5.00. The molecule has 0 aliphatic heterocycles. The SMILES string of the molecule is Cn1c(-c2ccccc2F)cnc1CCC(=O)O. The van der Waals surface area contributed by atoms with Crippen LogP contribution in [-0.4, -0.2) is 20.6 Å². The quantitative estimate of drug-likeness (QED) is 0.902. The number of aryl methyl sites for hydroxylation is 1. The summed E-state index contributed by atoms with van der Waals surface area (Å²) in [5, 5.41) is 8.64. The normalized spacial score (nSPS) is 10.6. The van der Waals surface area contributed by atoms with Crippen LogP contribution in [0.15, 0.2) is 30.5 Å². The van der Waals surface area contributed by atoms with Gasteiger partial charge in [-0.2, -0.15) is 0 Å². The number of hydrogen-bond acceptors (Lipinski definition) is 2. The van der Waals surface area contributed by atoms with Crippen LogP contribution in [0.4, 0.5) is 4.39 Å². The Morgan fingerprint density at radius 1 is 1.44 bits per heavy atom. The number of carboxylic acids is 1. The van der Waals surface area contributed by atoms with Crippen LogP contribution in [0.1, 0.15) is 12.2 Å². The molecule has 18 heavy (non-hydrogen) atoms. The number of benzene rings is 1. The van der Waals surface area contributed by atoms with E-state index in [0.717, 1.165) is 0 Å². The summed E-state index contributed by atoms with van der Waals surface area (Å²) in [5.41, 5.74) is 1.11. The van der Waals surface area contributed by atoms with Crippen molar-refractivity contribution < 1.29 is 14.3 Å². The van der Waals surface area contributed by atoms with E-state index in [0.29, 0.717) is 23.5 Å². The molecule has 0 bridgehead atoms. The summed E-state index contributed by atoms with van der Waals surface area (Å²) < 4.78 is 15.4. The lowest BCUT2D eigenvalue weighted by molar-refractivity contribution is -0.137. The highest BCUT2D eigenvalue weighted by atomic mass is 19.1. The second-order valence-electron chi connectivity index (χ2n) is 3.99. The molecule has 0 fully saturated rings. The van der Waals surface area contributed by atoms with Gasteiger partial charge in [0, 0.05) is 19.0 Å². The molecule has 0 atom stereocenters. The summed E-state index contributed by atoms with van der Waals surface area (Å²) in [5.74, 6) is -0.550. The molecule has 1 aromatic carbocycles. The van der Waals surface area contributed by atoms with Gasteiger partial charge in [-0.1, -0.05) is 12.1 Å². The maximum Gasteiger partial charge on any atom is 0.303 e. The molecule has 94 valence electrons. The van der Waals surface area contributed by atoms with E-state index in [2.05, 4.69) is 4.98 Å². The molecule has 0 radical (unpaired) electrons. The molecule has 1 aromatic heterocycles. The van der Waals surface area contributed by atoms with Gasteiger partial charge in [-0.25, -0.2) is 9.37 Å². The number of carboxylic acid groups (broad SMARTS) is 1. The van der Waals surface area contributed by atoms with Crippen molar-refractivity contribution in [2.24, 2.45) is 7.05 Å². The molecule has 0 saturated heterocycles. The number of halogens is 1. The van der Waals surface area contributed by atoms with Crippen molar-refractivity contribution in [1.29, 1.82) is 0 Å². The maximum absolute atomic E-state index is 13.6. The Labute approximate surface area is 104 Å². The minimum Gasteiger partial charge on any atom is -0.481 e. The first-order valence-electron chi connectivity index (χ1n) is 5.57. The summed E-state index contributed by atoms with van der Waals surface area (Å²) in [6, 6.07) is 6.44. The van der Waals surface area contributed by atoms with Crippen LogP contribution in [0, 0.1) is 5.82 Å². The van der Waals surface area contributed by atoms with Gasteiger partial charge in [-0.15, -0.1) is 0 Å². The molecule has 0 saturated carbocycles. The molecule has 0 aliphatic rings. The lowest BCUT2D eigenvalue weighted by atomic mass is 10.1. The molecule has 1 N–H and O–H groups in total. The van der Waals surface area contributed by atoms with Crippen LogP contribution in [0.3, 0.4) is 0 Å². The number of imidazole rings is 1. The third-order valence-electron chi connectivity index (χ3n) is 2.80.